The maximum Gasteiger partial charge on any atom is 0.338 e. The third kappa shape index (κ3) is 3.75. The number of hydrogen-bond acceptors (Lipinski definition) is 8. The third-order valence-electron chi connectivity index (χ3n) is 7.81. The molecular formula is C29H24ClN3O7. The zero-order valence-electron chi connectivity index (χ0n) is 21.2. The van der Waals surface area contributed by atoms with E-state index in [0.717, 1.165) is 4.90 Å². The Kier molecular flexibility index (Phi) is 6.04. The summed E-state index contributed by atoms with van der Waals surface area (Å²) >= 11 is 6.31. The summed E-state index contributed by atoms with van der Waals surface area (Å²) in [4.78, 5) is 54.9. The molecule has 4 atom stereocenters. The van der Waals surface area contributed by atoms with Gasteiger partial charge in [-0.25, -0.2) is 9.69 Å². The van der Waals surface area contributed by atoms with Gasteiger partial charge in [-0.1, -0.05) is 17.7 Å². The number of esters is 1. The van der Waals surface area contributed by atoms with Gasteiger partial charge in [0, 0.05) is 22.3 Å². The summed E-state index contributed by atoms with van der Waals surface area (Å²) in [6, 6.07) is 14.5. The number of carbonyl (C=O) groups excluding carboxylic acids is 4. The number of phenols is 2. The highest BCUT2D eigenvalue weighted by Gasteiger charge is 2.70. The van der Waals surface area contributed by atoms with Gasteiger partial charge in [0.2, 0.25) is 17.7 Å². The van der Waals surface area contributed by atoms with Crippen molar-refractivity contribution in [3.8, 4) is 11.5 Å². The molecule has 3 heterocycles. The number of carbonyl (C=O) groups is 4. The van der Waals surface area contributed by atoms with Crippen LogP contribution in [0.1, 0.15) is 28.4 Å². The van der Waals surface area contributed by atoms with E-state index in [-0.39, 0.29) is 35.8 Å². The van der Waals surface area contributed by atoms with E-state index in [2.05, 4.69) is 10.6 Å². The first-order valence-electron chi connectivity index (χ1n) is 12.7. The highest BCUT2D eigenvalue weighted by Crippen LogP contribution is 2.54. The van der Waals surface area contributed by atoms with Gasteiger partial charge in [0.25, 0.3) is 0 Å². The van der Waals surface area contributed by atoms with Crippen LogP contribution in [0.3, 0.4) is 0 Å². The largest absolute Gasteiger partial charge is 0.504 e. The van der Waals surface area contributed by atoms with Gasteiger partial charge in [0.15, 0.2) is 11.5 Å². The number of anilines is 2. The van der Waals surface area contributed by atoms with Crippen LogP contribution in [0.5, 0.6) is 11.5 Å². The number of ether oxygens (including phenoxy) is 1. The summed E-state index contributed by atoms with van der Waals surface area (Å²) in [5, 5.41) is 26.3. The average molecular weight is 562 g/mol. The van der Waals surface area contributed by atoms with E-state index in [1.165, 1.54) is 36.4 Å². The van der Waals surface area contributed by atoms with Crippen molar-refractivity contribution in [1.82, 2.24) is 5.32 Å². The molecule has 11 heteroatoms. The van der Waals surface area contributed by atoms with Crippen molar-refractivity contribution in [1.29, 1.82) is 0 Å². The lowest BCUT2D eigenvalue weighted by Gasteiger charge is -2.29. The smallest absolute Gasteiger partial charge is 0.338 e. The zero-order valence-corrected chi connectivity index (χ0v) is 21.9. The van der Waals surface area contributed by atoms with Crippen molar-refractivity contribution in [2.75, 3.05) is 16.8 Å². The topological polar surface area (TPSA) is 145 Å². The lowest BCUT2D eigenvalue weighted by atomic mass is 9.76. The van der Waals surface area contributed by atoms with E-state index in [1.54, 1.807) is 31.2 Å². The first-order chi connectivity index (χ1) is 19.1. The maximum absolute atomic E-state index is 14.1. The Balaban J connectivity index is 1.44. The van der Waals surface area contributed by atoms with Crippen LogP contribution in [0, 0.1) is 11.8 Å². The number of aromatic hydroxyl groups is 2. The number of nitrogens with one attached hydrogen (secondary N) is 2. The van der Waals surface area contributed by atoms with Crippen LogP contribution in [0.15, 0.2) is 60.7 Å². The Morgan fingerprint density at radius 3 is 2.45 bits per heavy atom. The number of halogens is 1. The predicted molar refractivity (Wildman–Crippen MR) is 144 cm³/mol. The van der Waals surface area contributed by atoms with Crippen molar-refractivity contribution in [3.63, 3.8) is 0 Å². The van der Waals surface area contributed by atoms with Gasteiger partial charge in [-0.2, -0.15) is 0 Å². The summed E-state index contributed by atoms with van der Waals surface area (Å²) in [6.07, 6.45) is 0.175. The normalized spacial score (nSPS) is 24.8. The third-order valence-corrected chi connectivity index (χ3v) is 8.04. The summed E-state index contributed by atoms with van der Waals surface area (Å²) in [5.74, 6) is -4.72. The van der Waals surface area contributed by atoms with E-state index >= 15 is 0 Å². The average Bonchev–Trinajstić information content (AvgIpc) is 3.50. The molecule has 204 valence electrons. The van der Waals surface area contributed by atoms with Crippen molar-refractivity contribution < 1.29 is 34.1 Å². The van der Waals surface area contributed by atoms with Crippen molar-refractivity contribution in [2.24, 2.45) is 11.8 Å². The van der Waals surface area contributed by atoms with Crippen LogP contribution >= 0.6 is 11.6 Å². The second-order valence-electron chi connectivity index (χ2n) is 10.0. The molecule has 0 saturated carbocycles. The number of imide groups is 1. The minimum atomic E-state index is -1.57. The molecule has 6 rings (SSSR count). The fraction of sp³-hybridized carbons (Fsp3) is 0.241. The zero-order chi connectivity index (χ0) is 28.3. The van der Waals surface area contributed by atoms with Gasteiger partial charge in [-0.15, -0.1) is 0 Å². The van der Waals surface area contributed by atoms with Crippen LogP contribution in [0.2, 0.25) is 5.02 Å². The van der Waals surface area contributed by atoms with Crippen LogP contribution < -0.4 is 15.5 Å². The molecule has 0 aliphatic carbocycles. The van der Waals surface area contributed by atoms with Gasteiger partial charge < -0.3 is 20.3 Å². The molecule has 3 aliphatic heterocycles. The van der Waals surface area contributed by atoms with Gasteiger partial charge in [-0.3, -0.25) is 19.7 Å². The second-order valence-corrected chi connectivity index (χ2v) is 10.4. The van der Waals surface area contributed by atoms with Gasteiger partial charge in [-0.05, 0) is 73.5 Å². The number of hydrogen-bond donors (Lipinski definition) is 4. The molecule has 4 N–H and O–H groups in total. The minimum absolute atomic E-state index is 0.175. The second kappa shape index (κ2) is 9.35. The van der Waals surface area contributed by atoms with Crippen molar-refractivity contribution >= 4 is 46.7 Å². The molecule has 3 aromatic rings. The Bertz CT molecular complexity index is 1590. The van der Waals surface area contributed by atoms with Gasteiger partial charge in [0.05, 0.1) is 29.7 Å². The molecule has 0 aromatic heterocycles. The summed E-state index contributed by atoms with van der Waals surface area (Å²) < 4.78 is 5.02. The predicted octanol–water partition coefficient (Wildman–Crippen LogP) is 3.10. The van der Waals surface area contributed by atoms with Crippen molar-refractivity contribution in [2.45, 2.75) is 24.9 Å². The standard InChI is InChI=1S/C29H24ClN3O7/c1-2-40-27(38)15-4-7-17(8-5-15)33-25(36)23-20(11-14-3-10-21(34)22(35)12-14)32-29(24(23)26(33)37)18-13-16(30)6-9-19(18)31-28(29)39/h3-10,12-13,20,23-24,32,34-35H,2,11H2,1H3,(H,31,39)/t20-,23-,24+,29+/m1/s1. The lowest BCUT2D eigenvalue weighted by molar-refractivity contribution is -0.130. The molecular weight excluding hydrogens is 538 g/mol. The molecule has 1 spiro atoms. The van der Waals surface area contributed by atoms with E-state index < -0.39 is 47.1 Å². The Morgan fingerprint density at radius 1 is 1.00 bits per heavy atom. The Labute approximate surface area is 233 Å². The molecule has 3 aliphatic rings. The number of benzene rings is 3. The summed E-state index contributed by atoms with van der Waals surface area (Å²) in [6.45, 7) is 1.90. The van der Waals surface area contributed by atoms with Crippen LogP contribution in [-0.4, -0.2) is 46.6 Å². The molecule has 0 bridgehead atoms. The molecule has 2 saturated heterocycles. The highest BCUT2D eigenvalue weighted by atomic mass is 35.5. The molecule has 3 aromatic carbocycles. The van der Waals surface area contributed by atoms with E-state index in [9.17, 15) is 29.4 Å². The fourth-order valence-corrected chi connectivity index (χ4v) is 6.29. The molecule has 0 radical (unpaired) electrons. The first kappa shape index (κ1) is 25.8. The summed E-state index contributed by atoms with van der Waals surface area (Å²) in [5.41, 5.74) is 0.509. The highest BCUT2D eigenvalue weighted by molar-refractivity contribution is 6.31. The number of rotatable bonds is 5. The SMILES string of the molecule is CCOC(=O)c1ccc(N2C(=O)[C@H]3[C@@H](C2=O)[C@]2(N[C@@H]3Cc3ccc(O)c(O)c3)C(=O)Nc3ccc(Cl)cc32)cc1. The molecule has 0 unspecified atom stereocenters. The van der Waals surface area contributed by atoms with E-state index in [4.69, 9.17) is 16.3 Å². The van der Waals surface area contributed by atoms with Gasteiger partial charge in [0.1, 0.15) is 5.54 Å². The van der Waals surface area contributed by atoms with E-state index in [0.29, 0.717) is 21.8 Å². The molecule has 2 fully saturated rings. The molecule has 40 heavy (non-hydrogen) atoms. The Hall–Kier alpha value is -4.41. The Morgan fingerprint density at radius 2 is 1.75 bits per heavy atom. The molecule has 3 amide bonds. The van der Waals surface area contributed by atoms with E-state index in [1.807, 2.05) is 0 Å². The van der Waals surface area contributed by atoms with Crippen LogP contribution in [0.4, 0.5) is 11.4 Å². The summed E-state index contributed by atoms with van der Waals surface area (Å²) in [7, 11) is 0. The quantitative estimate of drug-likeness (QED) is 0.211. The maximum atomic E-state index is 14.1. The lowest BCUT2D eigenvalue weighted by Crippen LogP contribution is -2.53. The van der Waals surface area contributed by atoms with Crippen LogP contribution in [0.25, 0.3) is 0 Å². The molecule has 10 nitrogen and oxygen atoms in total. The van der Waals surface area contributed by atoms with Gasteiger partial charge >= 0.3 is 5.97 Å². The van der Waals surface area contributed by atoms with Crippen LogP contribution in [-0.2, 0) is 31.1 Å². The number of fused-ring (bicyclic) bond motifs is 4. The number of nitrogens with zero attached hydrogens (tertiary/aromatic N) is 1. The first-order valence-corrected chi connectivity index (χ1v) is 13.1. The minimum Gasteiger partial charge on any atom is -0.504 e. The monoisotopic (exact) mass is 561 g/mol. The fourth-order valence-electron chi connectivity index (χ4n) is 6.11. The number of phenolic OH excluding ortho intramolecular Hbond substituents is 2. The van der Waals surface area contributed by atoms with Crippen molar-refractivity contribution in [3.05, 3.63) is 82.4 Å². The number of amides is 3.